The van der Waals surface area contributed by atoms with E-state index in [1.807, 2.05) is 83.6 Å². The Bertz CT molecular complexity index is 1100. The van der Waals surface area contributed by atoms with Gasteiger partial charge in [0, 0.05) is 0 Å². The second-order valence-electron chi connectivity index (χ2n) is 7.08. The smallest absolute Gasteiger partial charge is 0.113 e. The van der Waals surface area contributed by atoms with E-state index in [2.05, 4.69) is 30.2 Å². The molecule has 3 aromatic carbocycles. The van der Waals surface area contributed by atoms with E-state index in [-0.39, 0.29) is 6.04 Å². The van der Waals surface area contributed by atoms with Gasteiger partial charge in [-0.2, -0.15) is 0 Å². The number of aromatic nitrogens is 3. The SMILES string of the molecule is Cc1cc2nnn(C(/C=C/c3ccccc3)C(O)c3ccccc3)c2cc1C. The van der Waals surface area contributed by atoms with Gasteiger partial charge in [-0.3, -0.25) is 0 Å². The second kappa shape index (κ2) is 7.79. The Labute approximate surface area is 164 Å². The van der Waals surface area contributed by atoms with Crippen LogP contribution < -0.4 is 0 Å². The number of aliphatic hydroxyl groups excluding tert-OH is 1. The van der Waals surface area contributed by atoms with Crippen LogP contribution in [0.25, 0.3) is 17.1 Å². The molecule has 0 amide bonds. The summed E-state index contributed by atoms with van der Waals surface area (Å²) in [4.78, 5) is 0. The molecule has 1 aromatic heterocycles. The Kier molecular flexibility index (Phi) is 5.04. The molecule has 0 aliphatic carbocycles. The summed E-state index contributed by atoms with van der Waals surface area (Å²) >= 11 is 0. The Morgan fingerprint density at radius 1 is 0.893 bits per heavy atom. The van der Waals surface area contributed by atoms with Crippen LogP contribution >= 0.6 is 0 Å². The fourth-order valence-corrected chi connectivity index (χ4v) is 3.36. The fourth-order valence-electron chi connectivity index (χ4n) is 3.36. The van der Waals surface area contributed by atoms with Gasteiger partial charge in [0.15, 0.2) is 0 Å². The van der Waals surface area contributed by atoms with Crippen LogP contribution in [0.5, 0.6) is 0 Å². The average Bonchev–Trinajstić information content (AvgIpc) is 3.12. The molecule has 0 saturated carbocycles. The van der Waals surface area contributed by atoms with Crippen molar-refractivity contribution in [2.24, 2.45) is 0 Å². The van der Waals surface area contributed by atoms with Gasteiger partial charge in [0.1, 0.15) is 17.7 Å². The van der Waals surface area contributed by atoms with Crippen molar-refractivity contribution in [2.45, 2.75) is 26.0 Å². The minimum absolute atomic E-state index is 0.380. The van der Waals surface area contributed by atoms with Crippen LogP contribution in [0.15, 0.2) is 78.9 Å². The first-order valence-corrected chi connectivity index (χ1v) is 9.42. The van der Waals surface area contributed by atoms with Crippen molar-refractivity contribution >= 4 is 17.1 Å². The summed E-state index contributed by atoms with van der Waals surface area (Å²) in [5, 5.41) is 19.9. The summed E-state index contributed by atoms with van der Waals surface area (Å²) in [5.41, 5.74) is 6.03. The first kappa shape index (κ1) is 18.1. The van der Waals surface area contributed by atoms with Gasteiger partial charge in [0.25, 0.3) is 0 Å². The highest BCUT2D eigenvalue weighted by atomic mass is 16.3. The lowest BCUT2D eigenvalue weighted by Gasteiger charge is -2.21. The summed E-state index contributed by atoms with van der Waals surface area (Å²) in [6, 6.07) is 23.5. The topological polar surface area (TPSA) is 50.9 Å². The number of aryl methyl sites for hydroxylation is 2. The van der Waals surface area contributed by atoms with Crippen LogP contribution in [0.3, 0.4) is 0 Å². The lowest BCUT2D eigenvalue weighted by molar-refractivity contribution is 0.130. The Morgan fingerprint density at radius 2 is 1.54 bits per heavy atom. The van der Waals surface area contributed by atoms with E-state index in [4.69, 9.17) is 0 Å². The number of nitrogens with zero attached hydrogens (tertiary/aromatic N) is 3. The largest absolute Gasteiger partial charge is 0.386 e. The molecule has 28 heavy (non-hydrogen) atoms. The molecule has 0 radical (unpaired) electrons. The third-order valence-corrected chi connectivity index (χ3v) is 5.12. The minimum atomic E-state index is -0.743. The van der Waals surface area contributed by atoms with Crippen molar-refractivity contribution in [3.8, 4) is 0 Å². The standard InChI is InChI=1S/C24H23N3O/c1-17-15-21-23(16-18(17)2)27(26-25-21)22(14-13-19-9-5-3-6-10-19)24(28)20-11-7-4-8-12-20/h3-16,22,24,28H,1-2H3/b14-13+. The molecule has 0 aliphatic rings. The molecular weight excluding hydrogens is 346 g/mol. The molecule has 0 bridgehead atoms. The lowest BCUT2D eigenvalue weighted by Crippen LogP contribution is -2.17. The molecule has 2 unspecified atom stereocenters. The number of benzene rings is 3. The van der Waals surface area contributed by atoms with Gasteiger partial charge in [-0.05, 0) is 48.2 Å². The molecule has 4 nitrogen and oxygen atoms in total. The number of rotatable bonds is 5. The molecule has 0 spiro atoms. The van der Waals surface area contributed by atoms with Gasteiger partial charge in [-0.1, -0.05) is 78.0 Å². The van der Waals surface area contributed by atoms with Crippen molar-refractivity contribution in [3.05, 3.63) is 101 Å². The van der Waals surface area contributed by atoms with Crippen LogP contribution in [-0.2, 0) is 0 Å². The summed E-state index contributed by atoms with van der Waals surface area (Å²) in [5.74, 6) is 0. The zero-order chi connectivity index (χ0) is 19.5. The van der Waals surface area contributed by atoms with E-state index in [1.165, 1.54) is 11.1 Å². The predicted octanol–water partition coefficient (Wildman–Crippen LogP) is 5.04. The average molecular weight is 369 g/mol. The minimum Gasteiger partial charge on any atom is -0.386 e. The molecule has 2 atom stereocenters. The summed E-state index contributed by atoms with van der Waals surface area (Å²) in [6.45, 7) is 4.15. The fraction of sp³-hybridized carbons (Fsp3) is 0.167. The maximum atomic E-state index is 11.2. The molecule has 0 aliphatic heterocycles. The molecule has 1 N–H and O–H groups in total. The third-order valence-electron chi connectivity index (χ3n) is 5.12. The molecular formula is C24H23N3O. The number of hydrogen-bond acceptors (Lipinski definition) is 3. The molecule has 4 heteroatoms. The number of aliphatic hydroxyl groups is 1. The molecule has 140 valence electrons. The van der Waals surface area contributed by atoms with Gasteiger partial charge in [-0.25, -0.2) is 4.68 Å². The van der Waals surface area contributed by atoms with Gasteiger partial charge in [-0.15, -0.1) is 5.10 Å². The zero-order valence-electron chi connectivity index (χ0n) is 16.0. The second-order valence-corrected chi connectivity index (χ2v) is 7.08. The molecule has 0 fully saturated rings. The van der Waals surface area contributed by atoms with Crippen molar-refractivity contribution in [1.29, 1.82) is 0 Å². The van der Waals surface area contributed by atoms with E-state index in [0.29, 0.717) is 0 Å². The van der Waals surface area contributed by atoms with Crippen molar-refractivity contribution in [2.75, 3.05) is 0 Å². The summed E-state index contributed by atoms with van der Waals surface area (Å²) < 4.78 is 1.82. The first-order chi connectivity index (χ1) is 13.6. The molecule has 0 saturated heterocycles. The van der Waals surface area contributed by atoms with Crippen LogP contribution in [0.1, 0.15) is 34.4 Å². The van der Waals surface area contributed by atoms with E-state index < -0.39 is 6.10 Å². The molecule has 4 rings (SSSR count). The Hall–Kier alpha value is -3.24. The van der Waals surface area contributed by atoms with Crippen molar-refractivity contribution < 1.29 is 5.11 Å². The highest BCUT2D eigenvalue weighted by Gasteiger charge is 2.23. The first-order valence-electron chi connectivity index (χ1n) is 9.42. The normalized spacial score (nSPS) is 13.8. The number of hydrogen-bond donors (Lipinski definition) is 1. The summed E-state index contributed by atoms with van der Waals surface area (Å²) in [7, 11) is 0. The van der Waals surface area contributed by atoms with E-state index in [0.717, 1.165) is 22.2 Å². The molecule has 1 heterocycles. The maximum Gasteiger partial charge on any atom is 0.113 e. The zero-order valence-corrected chi connectivity index (χ0v) is 16.0. The lowest BCUT2D eigenvalue weighted by atomic mass is 10.0. The van der Waals surface area contributed by atoms with Gasteiger partial charge in [0.05, 0.1) is 5.52 Å². The highest BCUT2D eigenvalue weighted by Crippen LogP contribution is 2.31. The van der Waals surface area contributed by atoms with Crippen molar-refractivity contribution in [1.82, 2.24) is 15.0 Å². The maximum absolute atomic E-state index is 11.2. The van der Waals surface area contributed by atoms with Crippen LogP contribution in [0, 0.1) is 13.8 Å². The van der Waals surface area contributed by atoms with Gasteiger partial charge < -0.3 is 5.11 Å². The summed E-state index contributed by atoms with van der Waals surface area (Å²) in [6.07, 6.45) is 3.27. The van der Waals surface area contributed by atoms with Crippen LogP contribution in [0.2, 0.25) is 0 Å². The number of fused-ring (bicyclic) bond motifs is 1. The third kappa shape index (κ3) is 3.59. The van der Waals surface area contributed by atoms with Gasteiger partial charge in [0.2, 0.25) is 0 Å². The van der Waals surface area contributed by atoms with E-state index >= 15 is 0 Å². The van der Waals surface area contributed by atoms with E-state index in [1.54, 1.807) is 0 Å². The predicted molar refractivity (Wildman–Crippen MR) is 113 cm³/mol. The van der Waals surface area contributed by atoms with Gasteiger partial charge >= 0.3 is 0 Å². The van der Waals surface area contributed by atoms with Crippen molar-refractivity contribution in [3.63, 3.8) is 0 Å². The Balaban J connectivity index is 1.81. The molecule has 4 aromatic rings. The van der Waals surface area contributed by atoms with Crippen LogP contribution in [-0.4, -0.2) is 20.1 Å². The highest BCUT2D eigenvalue weighted by molar-refractivity contribution is 5.76. The quantitative estimate of drug-likeness (QED) is 0.536. The monoisotopic (exact) mass is 369 g/mol. The van der Waals surface area contributed by atoms with Crippen LogP contribution in [0.4, 0.5) is 0 Å². The van der Waals surface area contributed by atoms with E-state index in [9.17, 15) is 5.11 Å². The Morgan fingerprint density at radius 3 is 2.25 bits per heavy atom.